The minimum atomic E-state index is 0.00938. The van der Waals surface area contributed by atoms with Crippen LogP contribution in [0.1, 0.15) is 21.5 Å². The Morgan fingerprint density at radius 1 is 1.24 bits per heavy atom. The second-order valence-corrected chi connectivity index (χ2v) is 5.51. The van der Waals surface area contributed by atoms with E-state index >= 15 is 0 Å². The van der Waals surface area contributed by atoms with Gasteiger partial charge in [-0.05, 0) is 48.4 Å². The summed E-state index contributed by atoms with van der Waals surface area (Å²) in [7, 11) is 3.66. The maximum atomic E-state index is 12.5. The van der Waals surface area contributed by atoms with Crippen molar-refractivity contribution in [1.82, 2.24) is 4.90 Å². The van der Waals surface area contributed by atoms with Crippen LogP contribution in [0.15, 0.2) is 42.5 Å². The van der Waals surface area contributed by atoms with Crippen LogP contribution in [0, 0.1) is 6.92 Å². The van der Waals surface area contributed by atoms with Crippen molar-refractivity contribution in [1.29, 1.82) is 0 Å². The number of hydrogen-bond donors (Lipinski definition) is 1. The number of nitrogens with one attached hydrogen (secondary N) is 1. The van der Waals surface area contributed by atoms with Crippen molar-refractivity contribution in [3.8, 4) is 0 Å². The monoisotopic (exact) mass is 302 g/mol. The van der Waals surface area contributed by atoms with Crippen molar-refractivity contribution in [2.75, 3.05) is 19.4 Å². The highest BCUT2D eigenvalue weighted by Crippen LogP contribution is 2.18. The molecular weight excluding hydrogens is 284 g/mol. The predicted molar refractivity (Wildman–Crippen MR) is 88.0 cm³/mol. The van der Waals surface area contributed by atoms with E-state index in [1.807, 2.05) is 56.4 Å². The molecule has 2 aromatic carbocycles. The summed E-state index contributed by atoms with van der Waals surface area (Å²) >= 11 is 5.97. The summed E-state index contributed by atoms with van der Waals surface area (Å²) in [4.78, 5) is 14.2. The van der Waals surface area contributed by atoms with Crippen molar-refractivity contribution in [2.24, 2.45) is 0 Å². The van der Waals surface area contributed by atoms with E-state index < -0.39 is 0 Å². The lowest BCUT2D eigenvalue weighted by Crippen LogP contribution is -2.26. The molecule has 0 atom stereocenters. The average Bonchev–Trinajstić information content (AvgIpc) is 2.46. The maximum Gasteiger partial charge on any atom is 0.254 e. The Morgan fingerprint density at radius 3 is 2.62 bits per heavy atom. The molecule has 0 saturated carbocycles. The fourth-order valence-electron chi connectivity index (χ4n) is 2.25. The van der Waals surface area contributed by atoms with Gasteiger partial charge in [-0.1, -0.05) is 23.7 Å². The van der Waals surface area contributed by atoms with Gasteiger partial charge in [0.2, 0.25) is 0 Å². The van der Waals surface area contributed by atoms with Gasteiger partial charge in [0.15, 0.2) is 0 Å². The molecule has 0 aliphatic rings. The molecule has 0 fully saturated rings. The molecule has 0 spiro atoms. The number of anilines is 1. The van der Waals surface area contributed by atoms with Gasteiger partial charge >= 0.3 is 0 Å². The zero-order valence-electron chi connectivity index (χ0n) is 12.5. The number of carbonyl (C=O) groups is 1. The van der Waals surface area contributed by atoms with Gasteiger partial charge in [0.25, 0.3) is 5.91 Å². The summed E-state index contributed by atoms with van der Waals surface area (Å²) in [6, 6.07) is 13.3. The fraction of sp³-hybridized carbons (Fsp3) is 0.235. The minimum Gasteiger partial charge on any atom is -0.388 e. The molecule has 21 heavy (non-hydrogen) atoms. The van der Waals surface area contributed by atoms with Crippen molar-refractivity contribution in [2.45, 2.75) is 13.5 Å². The van der Waals surface area contributed by atoms with E-state index in [1.165, 1.54) is 0 Å². The molecule has 0 saturated heterocycles. The smallest absolute Gasteiger partial charge is 0.254 e. The first-order chi connectivity index (χ1) is 10.0. The number of amides is 1. The van der Waals surface area contributed by atoms with Crippen LogP contribution in [0.3, 0.4) is 0 Å². The van der Waals surface area contributed by atoms with Gasteiger partial charge in [-0.15, -0.1) is 0 Å². The Hall–Kier alpha value is -2.00. The van der Waals surface area contributed by atoms with Crippen molar-refractivity contribution >= 4 is 23.2 Å². The van der Waals surface area contributed by atoms with Gasteiger partial charge in [0.1, 0.15) is 0 Å². The largest absolute Gasteiger partial charge is 0.388 e. The van der Waals surface area contributed by atoms with Crippen LogP contribution in [0.25, 0.3) is 0 Å². The van der Waals surface area contributed by atoms with Crippen LogP contribution in [-0.4, -0.2) is 24.9 Å². The van der Waals surface area contributed by atoms with Crippen LogP contribution >= 0.6 is 11.6 Å². The molecule has 1 N–H and O–H groups in total. The van der Waals surface area contributed by atoms with Gasteiger partial charge in [-0.2, -0.15) is 0 Å². The summed E-state index contributed by atoms with van der Waals surface area (Å²) < 4.78 is 0. The molecule has 4 heteroatoms. The van der Waals surface area contributed by atoms with E-state index in [0.717, 1.165) is 22.4 Å². The van der Waals surface area contributed by atoms with Gasteiger partial charge in [-0.3, -0.25) is 4.79 Å². The molecule has 0 unspecified atom stereocenters. The van der Waals surface area contributed by atoms with E-state index in [-0.39, 0.29) is 5.91 Å². The third-order valence-electron chi connectivity index (χ3n) is 3.40. The van der Waals surface area contributed by atoms with Crippen LogP contribution in [0.5, 0.6) is 0 Å². The van der Waals surface area contributed by atoms with Crippen LogP contribution < -0.4 is 5.32 Å². The number of benzene rings is 2. The van der Waals surface area contributed by atoms with Gasteiger partial charge in [0.05, 0.1) is 0 Å². The standard InChI is InChI=1S/C17H19ClN2O/c1-12-9-15(19-2)7-8-16(12)17(21)20(3)11-13-5-4-6-14(18)10-13/h4-10,19H,11H2,1-3H3. The number of halogens is 1. The molecule has 2 aromatic rings. The first kappa shape index (κ1) is 15.4. The Bertz CT molecular complexity index is 655. The molecule has 0 aliphatic carbocycles. The van der Waals surface area contributed by atoms with Gasteiger partial charge < -0.3 is 10.2 Å². The summed E-state index contributed by atoms with van der Waals surface area (Å²) in [5.74, 6) is 0.00938. The maximum absolute atomic E-state index is 12.5. The molecule has 0 aromatic heterocycles. The highest BCUT2D eigenvalue weighted by atomic mass is 35.5. The third kappa shape index (κ3) is 3.76. The Labute approximate surface area is 130 Å². The van der Waals surface area contributed by atoms with Crippen LogP contribution in [0.4, 0.5) is 5.69 Å². The summed E-state index contributed by atoms with van der Waals surface area (Å²) in [5, 5.41) is 3.75. The summed E-state index contributed by atoms with van der Waals surface area (Å²) in [6.07, 6.45) is 0. The zero-order chi connectivity index (χ0) is 15.4. The molecule has 1 amide bonds. The quantitative estimate of drug-likeness (QED) is 0.927. The van der Waals surface area contributed by atoms with Gasteiger partial charge in [-0.25, -0.2) is 0 Å². The highest BCUT2D eigenvalue weighted by molar-refractivity contribution is 6.30. The van der Waals surface area contributed by atoms with E-state index in [9.17, 15) is 4.79 Å². The lowest BCUT2D eigenvalue weighted by molar-refractivity contribution is 0.0784. The number of hydrogen-bond acceptors (Lipinski definition) is 2. The Morgan fingerprint density at radius 2 is 2.00 bits per heavy atom. The van der Waals surface area contributed by atoms with E-state index in [1.54, 1.807) is 11.9 Å². The first-order valence-corrected chi connectivity index (χ1v) is 7.17. The Kier molecular flexibility index (Phi) is 4.86. The molecule has 0 radical (unpaired) electrons. The van der Waals surface area contributed by atoms with E-state index in [2.05, 4.69) is 5.32 Å². The first-order valence-electron chi connectivity index (χ1n) is 6.79. The van der Waals surface area contributed by atoms with Crippen molar-refractivity contribution < 1.29 is 4.79 Å². The molecule has 110 valence electrons. The lowest BCUT2D eigenvalue weighted by Gasteiger charge is -2.19. The van der Waals surface area contributed by atoms with Crippen LogP contribution in [-0.2, 0) is 6.54 Å². The summed E-state index contributed by atoms with van der Waals surface area (Å²) in [5.41, 5.74) is 3.70. The number of rotatable bonds is 4. The molecule has 0 aliphatic heterocycles. The topological polar surface area (TPSA) is 32.3 Å². The van der Waals surface area contributed by atoms with E-state index in [4.69, 9.17) is 11.6 Å². The SMILES string of the molecule is CNc1ccc(C(=O)N(C)Cc2cccc(Cl)c2)c(C)c1. The molecule has 0 bridgehead atoms. The third-order valence-corrected chi connectivity index (χ3v) is 3.64. The molecule has 0 heterocycles. The normalized spacial score (nSPS) is 10.3. The number of carbonyl (C=O) groups excluding carboxylic acids is 1. The zero-order valence-corrected chi connectivity index (χ0v) is 13.2. The molecule has 2 rings (SSSR count). The lowest BCUT2D eigenvalue weighted by atomic mass is 10.1. The predicted octanol–water partition coefficient (Wildman–Crippen LogP) is 3.96. The second-order valence-electron chi connectivity index (χ2n) is 5.07. The van der Waals surface area contributed by atoms with Gasteiger partial charge in [0, 0.05) is 36.9 Å². The molecular formula is C17H19ClN2O. The van der Waals surface area contributed by atoms with Crippen molar-refractivity contribution in [3.63, 3.8) is 0 Å². The number of aryl methyl sites for hydroxylation is 1. The summed E-state index contributed by atoms with van der Waals surface area (Å²) in [6.45, 7) is 2.48. The Balaban J connectivity index is 2.15. The fourth-order valence-corrected chi connectivity index (χ4v) is 2.46. The van der Waals surface area contributed by atoms with Crippen LogP contribution in [0.2, 0.25) is 5.02 Å². The molecule has 3 nitrogen and oxygen atoms in total. The highest BCUT2D eigenvalue weighted by Gasteiger charge is 2.14. The average molecular weight is 303 g/mol. The van der Waals surface area contributed by atoms with E-state index in [0.29, 0.717) is 11.6 Å². The minimum absolute atomic E-state index is 0.00938. The number of nitrogens with zero attached hydrogens (tertiary/aromatic N) is 1. The van der Waals surface area contributed by atoms with Crippen molar-refractivity contribution in [3.05, 3.63) is 64.2 Å². The second kappa shape index (κ2) is 6.64.